The molecule has 4 rings (SSSR count). The molecule has 0 bridgehead atoms. The molecule has 0 unspecified atom stereocenters. The van der Waals surface area contributed by atoms with E-state index in [4.69, 9.17) is 0 Å². The van der Waals surface area contributed by atoms with Crippen molar-refractivity contribution in [2.75, 3.05) is 37.6 Å². The van der Waals surface area contributed by atoms with Crippen LogP contribution in [0.3, 0.4) is 0 Å². The van der Waals surface area contributed by atoms with Gasteiger partial charge in [-0.15, -0.1) is 11.3 Å². The number of phenolic OH excluding ortho intramolecular Hbond substituents is 1. The number of aromatic hydroxyl groups is 1. The highest BCUT2D eigenvalue weighted by Gasteiger charge is 2.18. The van der Waals surface area contributed by atoms with Crippen LogP contribution in [-0.4, -0.2) is 52.7 Å². The highest BCUT2D eigenvalue weighted by molar-refractivity contribution is 7.13. The van der Waals surface area contributed by atoms with Crippen molar-refractivity contribution in [1.29, 1.82) is 0 Å². The fourth-order valence-corrected chi connectivity index (χ4v) is 3.94. The van der Waals surface area contributed by atoms with E-state index in [0.717, 1.165) is 49.7 Å². The standard InChI is InChI=1S/C18H20N4OS/c23-16-4-3-14(15-2-1-6-19-17(15)16)5-8-21-9-11-22(12-10-21)18-20-7-13-24-18/h1-4,6-7,13,23H,5,8-12H2. The lowest BCUT2D eigenvalue weighted by Gasteiger charge is -2.34. The molecule has 0 radical (unpaired) electrons. The predicted molar refractivity (Wildman–Crippen MR) is 97.9 cm³/mol. The summed E-state index contributed by atoms with van der Waals surface area (Å²) in [6, 6.07) is 7.74. The van der Waals surface area contributed by atoms with Crippen LogP contribution >= 0.6 is 11.3 Å². The molecule has 1 aromatic carbocycles. The molecule has 0 spiro atoms. The minimum atomic E-state index is 0.256. The third-order valence-electron chi connectivity index (χ3n) is 4.60. The number of nitrogens with zero attached hydrogens (tertiary/aromatic N) is 4. The van der Waals surface area contributed by atoms with E-state index in [2.05, 4.69) is 19.8 Å². The summed E-state index contributed by atoms with van der Waals surface area (Å²) in [6.07, 6.45) is 4.57. The molecule has 1 aliphatic rings. The largest absolute Gasteiger partial charge is 0.506 e. The van der Waals surface area contributed by atoms with E-state index in [1.807, 2.05) is 29.8 Å². The molecule has 3 heterocycles. The number of rotatable bonds is 4. The van der Waals surface area contributed by atoms with Gasteiger partial charge in [0.15, 0.2) is 5.13 Å². The molecule has 1 aliphatic heterocycles. The fourth-order valence-electron chi connectivity index (χ4n) is 3.25. The van der Waals surface area contributed by atoms with Gasteiger partial charge in [-0.2, -0.15) is 0 Å². The Morgan fingerprint density at radius 3 is 2.71 bits per heavy atom. The Hall–Kier alpha value is -2.18. The Kier molecular flexibility index (Phi) is 4.32. The number of thiazole rings is 1. The van der Waals surface area contributed by atoms with Crippen LogP contribution in [0.2, 0.25) is 0 Å². The van der Waals surface area contributed by atoms with Crippen molar-refractivity contribution in [2.24, 2.45) is 0 Å². The van der Waals surface area contributed by atoms with Crippen LogP contribution in [0.1, 0.15) is 5.56 Å². The van der Waals surface area contributed by atoms with E-state index in [0.29, 0.717) is 5.52 Å². The third-order valence-corrected chi connectivity index (χ3v) is 5.43. The number of aromatic nitrogens is 2. The van der Waals surface area contributed by atoms with Crippen molar-refractivity contribution in [3.8, 4) is 5.75 Å². The summed E-state index contributed by atoms with van der Waals surface area (Å²) >= 11 is 1.71. The molecule has 1 saturated heterocycles. The zero-order chi connectivity index (χ0) is 16.4. The monoisotopic (exact) mass is 340 g/mol. The molecule has 0 amide bonds. The summed E-state index contributed by atoms with van der Waals surface area (Å²) in [6.45, 7) is 5.22. The van der Waals surface area contributed by atoms with Gasteiger partial charge in [-0.1, -0.05) is 12.1 Å². The number of piperazine rings is 1. The first-order valence-electron chi connectivity index (χ1n) is 8.23. The average molecular weight is 340 g/mol. The maximum absolute atomic E-state index is 9.95. The van der Waals surface area contributed by atoms with Gasteiger partial charge in [-0.3, -0.25) is 9.88 Å². The molecule has 0 aliphatic carbocycles. The lowest BCUT2D eigenvalue weighted by Crippen LogP contribution is -2.46. The molecule has 0 atom stereocenters. The van der Waals surface area contributed by atoms with Crippen LogP contribution in [0.4, 0.5) is 5.13 Å². The average Bonchev–Trinajstić information content (AvgIpc) is 3.17. The highest BCUT2D eigenvalue weighted by Crippen LogP contribution is 2.26. The SMILES string of the molecule is Oc1ccc(CCN2CCN(c3nccs3)CC2)c2cccnc12. The van der Waals surface area contributed by atoms with Crippen molar-refractivity contribution in [3.05, 3.63) is 47.6 Å². The van der Waals surface area contributed by atoms with E-state index in [1.54, 1.807) is 23.6 Å². The molecule has 5 nitrogen and oxygen atoms in total. The quantitative estimate of drug-likeness (QED) is 0.791. The topological polar surface area (TPSA) is 52.5 Å². The van der Waals surface area contributed by atoms with Crippen LogP contribution in [-0.2, 0) is 6.42 Å². The van der Waals surface area contributed by atoms with Gasteiger partial charge in [-0.25, -0.2) is 4.98 Å². The number of hydrogen-bond donors (Lipinski definition) is 1. The number of phenols is 1. The van der Waals surface area contributed by atoms with Gasteiger partial charge in [0.2, 0.25) is 0 Å². The van der Waals surface area contributed by atoms with Crippen molar-refractivity contribution < 1.29 is 5.11 Å². The van der Waals surface area contributed by atoms with Crippen LogP contribution in [0.5, 0.6) is 5.75 Å². The number of fused-ring (bicyclic) bond motifs is 1. The summed E-state index contributed by atoms with van der Waals surface area (Å²) in [4.78, 5) is 13.6. The molecular formula is C18H20N4OS. The van der Waals surface area contributed by atoms with Crippen molar-refractivity contribution in [1.82, 2.24) is 14.9 Å². The minimum absolute atomic E-state index is 0.256. The van der Waals surface area contributed by atoms with E-state index in [1.165, 1.54) is 5.56 Å². The van der Waals surface area contributed by atoms with E-state index >= 15 is 0 Å². The minimum Gasteiger partial charge on any atom is -0.506 e. The van der Waals surface area contributed by atoms with Crippen molar-refractivity contribution in [3.63, 3.8) is 0 Å². The number of anilines is 1. The van der Waals surface area contributed by atoms with E-state index in [9.17, 15) is 5.11 Å². The highest BCUT2D eigenvalue weighted by atomic mass is 32.1. The third kappa shape index (κ3) is 3.07. The molecule has 1 N–H and O–H groups in total. The summed E-state index contributed by atoms with van der Waals surface area (Å²) in [7, 11) is 0. The van der Waals surface area contributed by atoms with Crippen molar-refractivity contribution in [2.45, 2.75) is 6.42 Å². The molecular weight excluding hydrogens is 320 g/mol. The maximum Gasteiger partial charge on any atom is 0.185 e. The Morgan fingerprint density at radius 1 is 1.04 bits per heavy atom. The Morgan fingerprint density at radius 2 is 1.92 bits per heavy atom. The zero-order valence-electron chi connectivity index (χ0n) is 13.4. The van der Waals surface area contributed by atoms with Gasteiger partial charge in [0.05, 0.1) is 0 Å². The summed E-state index contributed by atoms with van der Waals surface area (Å²) in [5.74, 6) is 0.256. The molecule has 3 aromatic rings. The first-order valence-corrected chi connectivity index (χ1v) is 9.11. The van der Waals surface area contributed by atoms with Gasteiger partial charge >= 0.3 is 0 Å². The first kappa shape index (κ1) is 15.4. The van der Waals surface area contributed by atoms with Crippen molar-refractivity contribution >= 4 is 27.4 Å². The van der Waals surface area contributed by atoms with Gasteiger partial charge in [0.1, 0.15) is 11.3 Å². The second kappa shape index (κ2) is 6.75. The molecule has 6 heteroatoms. The van der Waals surface area contributed by atoms with Gasteiger partial charge in [0.25, 0.3) is 0 Å². The predicted octanol–water partition coefficient (Wildman–Crippen LogP) is 2.76. The lowest BCUT2D eigenvalue weighted by atomic mass is 10.0. The fraction of sp³-hybridized carbons (Fsp3) is 0.333. The molecule has 1 fully saturated rings. The smallest absolute Gasteiger partial charge is 0.185 e. The van der Waals surface area contributed by atoms with Crippen LogP contribution in [0, 0.1) is 0 Å². The van der Waals surface area contributed by atoms with E-state index < -0.39 is 0 Å². The Balaban J connectivity index is 1.39. The first-order chi connectivity index (χ1) is 11.8. The van der Waals surface area contributed by atoms with Gasteiger partial charge in [0, 0.05) is 55.9 Å². The number of hydrogen-bond acceptors (Lipinski definition) is 6. The van der Waals surface area contributed by atoms with Crippen LogP contribution in [0.25, 0.3) is 10.9 Å². The lowest BCUT2D eigenvalue weighted by molar-refractivity contribution is 0.261. The molecule has 2 aromatic heterocycles. The number of pyridine rings is 1. The Labute approximate surface area is 145 Å². The molecule has 24 heavy (non-hydrogen) atoms. The second-order valence-electron chi connectivity index (χ2n) is 6.04. The Bertz CT molecular complexity index is 813. The van der Waals surface area contributed by atoms with Gasteiger partial charge in [-0.05, 0) is 24.1 Å². The molecule has 124 valence electrons. The molecule has 0 saturated carbocycles. The van der Waals surface area contributed by atoms with Crippen LogP contribution < -0.4 is 4.90 Å². The summed E-state index contributed by atoms with van der Waals surface area (Å²) in [5.41, 5.74) is 1.95. The second-order valence-corrected chi connectivity index (χ2v) is 6.91. The zero-order valence-corrected chi connectivity index (χ0v) is 14.2. The summed E-state index contributed by atoms with van der Waals surface area (Å²) in [5, 5.41) is 14.2. The van der Waals surface area contributed by atoms with E-state index in [-0.39, 0.29) is 5.75 Å². The van der Waals surface area contributed by atoms with Crippen LogP contribution in [0.15, 0.2) is 42.0 Å². The van der Waals surface area contributed by atoms with Gasteiger partial charge < -0.3 is 10.0 Å². The number of benzene rings is 1. The maximum atomic E-state index is 9.95. The normalized spacial score (nSPS) is 15.9. The summed E-state index contributed by atoms with van der Waals surface area (Å²) < 4.78 is 0.